The summed E-state index contributed by atoms with van der Waals surface area (Å²) in [6.45, 7) is 0.369. The highest BCUT2D eigenvalue weighted by Crippen LogP contribution is 2.34. The summed E-state index contributed by atoms with van der Waals surface area (Å²) in [6, 6.07) is 15.0. The van der Waals surface area contributed by atoms with Crippen molar-refractivity contribution in [2.75, 3.05) is 11.9 Å². The van der Waals surface area contributed by atoms with Gasteiger partial charge in [-0.15, -0.1) is 11.3 Å². The zero-order chi connectivity index (χ0) is 24.1. The molecule has 0 bridgehead atoms. The van der Waals surface area contributed by atoms with E-state index in [1.54, 1.807) is 18.3 Å². The largest absolute Gasteiger partial charge is 0.302 e. The lowest BCUT2D eigenvalue weighted by Crippen LogP contribution is -2.29. The predicted molar refractivity (Wildman–Crippen MR) is 146 cm³/mol. The highest BCUT2D eigenvalue weighted by Gasteiger charge is 2.31. The lowest BCUT2D eigenvalue weighted by atomic mass is 10.1. The fraction of sp³-hybridized carbons (Fsp3) is 0.167. The molecule has 174 valence electrons. The summed E-state index contributed by atoms with van der Waals surface area (Å²) < 4.78 is 0.479. The summed E-state index contributed by atoms with van der Waals surface area (Å²) in [4.78, 5) is 32.5. The van der Waals surface area contributed by atoms with Crippen LogP contribution >= 0.6 is 58.5 Å². The zero-order valence-corrected chi connectivity index (χ0v) is 21.8. The van der Waals surface area contributed by atoms with E-state index in [1.807, 2.05) is 42.5 Å². The zero-order valence-electron chi connectivity index (χ0n) is 17.8. The normalized spacial score (nSPS) is 14.8. The van der Waals surface area contributed by atoms with E-state index in [-0.39, 0.29) is 18.2 Å². The number of carbonyl (C=O) groups is 2. The van der Waals surface area contributed by atoms with Crippen molar-refractivity contribution < 1.29 is 9.59 Å². The maximum absolute atomic E-state index is 12.8. The van der Waals surface area contributed by atoms with Crippen molar-refractivity contribution in [1.82, 2.24) is 9.88 Å². The fourth-order valence-corrected chi connectivity index (χ4v) is 5.83. The monoisotopic (exact) mass is 547 g/mol. The van der Waals surface area contributed by atoms with Crippen LogP contribution in [0.2, 0.25) is 10.0 Å². The molecule has 2 amide bonds. The van der Waals surface area contributed by atoms with Gasteiger partial charge in [-0.25, -0.2) is 4.98 Å². The number of thiocarbonyl (C=S) groups is 1. The van der Waals surface area contributed by atoms with Crippen LogP contribution in [0.15, 0.2) is 59.6 Å². The maximum atomic E-state index is 12.8. The van der Waals surface area contributed by atoms with Gasteiger partial charge in [0.1, 0.15) is 4.32 Å². The number of anilines is 1. The number of rotatable bonds is 8. The van der Waals surface area contributed by atoms with Crippen molar-refractivity contribution in [3.05, 3.63) is 85.7 Å². The number of halogens is 2. The molecule has 5 nitrogen and oxygen atoms in total. The van der Waals surface area contributed by atoms with Crippen LogP contribution < -0.4 is 5.32 Å². The van der Waals surface area contributed by atoms with Gasteiger partial charge in [-0.2, -0.15) is 0 Å². The Labute approximate surface area is 221 Å². The smallest absolute Gasteiger partial charge is 0.266 e. The third kappa shape index (κ3) is 6.25. The molecule has 0 atom stereocenters. The number of amides is 2. The Morgan fingerprint density at radius 2 is 1.85 bits per heavy atom. The van der Waals surface area contributed by atoms with Crippen LogP contribution in [0.25, 0.3) is 6.08 Å². The summed E-state index contributed by atoms with van der Waals surface area (Å²) in [5.41, 5.74) is 1.78. The number of benzene rings is 2. The van der Waals surface area contributed by atoms with Gasteiger partial charge >= 0.3 is 0 Å². The Balaban J connectivity index is 1.27. The van der Waals surface area contributed by atoms with Crippen LogP contribution in [0, 0.1) is 0 Å². The van der Waals surface area contributed by atoms with Crippen molar-refractivity contribution in [2.45, 2.75) is 19.3 Å². The molecule has 1 aromatic heterocycles. The number of hydrogen-bond donors (Lipinski definition) is 1. The van der Waals surface area contributed by atoms with E-state index in [9.17, 15) is 9.59 Å². The average molecular weight is 549 g/mol. The third-order valence-corrected chi connectivity index (χ3v) is 7.98. The van der Waals surface area contributed by atoms with Crippen LogP contribution in [0.4, 0.5) is 5.13 Å². The summed E-state index contributed by atoms with van der Waals surface area (Å²) in [5.74, 6) is -0.324. The molecule has 1 aliphatic rings. The van der Waals surface area contributed by atoms with Gasteiger partial charge in [-0.1, -0.05) is 83.6 Å². The van der Waals surface area contributed by atoms with Crippen LogP contribution in [0.1, 0.15) is 28.8 Å². The van der Waals surface area contributed by atoms with Gasteiger partial charge in [0, 0.05) is 40.5 Å². The van der Waals surface area contributed by atoms with E-state index in [1.165, 1.54) is 28.0 Å². The molecular formula is C24H19Cl2N3O2S3. The fourth-order valence-electron chi connectivity index (χ4n) is 3.28. The highest BCUT2D eigenvalue weighted by molar-refractivity contribution is 8.26. The first kappa shape index (κ1) is 24.9. The number of nitrogens with zero attached hydrogens (tertiary/aromatic N) is 2. The number of thioether (sulfide) groups is 1. The lowest BCUT2D eigenvalue weighted by Gasteiger charge is -2.13. The Kier molecular flexibility index (Phi) is 8.39. The molecular weight excluding hydrogens is 529 g/mol. The molecule has 0 saturated carbocycles. The van der Waals surface area contributed by atoms with Crippen molar-refractivity contribution >= 4 is 85.9 Å². The first-order valence-electron chi connectivity index (χ1n) is 10.4. The molecule has 1 aliphatic heterocycles. The van der Waals surface area contributed by atoms with Crippen LogP contribution in [-0.2, 0) is 16.0 Å². The third-order valence-electron chi connectivity index (χ3n) is 4.97. The minimum atomic E-state index is -0.167. The minimum absolute atomic E-state index is 0.157. The molecule has 1 N–H and O–H groups in total. The molecule has 2 heterocycles. The average Bonchev–Trinajstić information content (AvgIpc) is 3.35. The molecule has 2 aromatic carbocycles. The van der Waals surface area contributed by atoms with Crippen LogP contribution in [0.3, 0.4) is 0 Å². The van der Waals surface area contributed by atoms with E-state index in [2.05, 4.69) is 10.3 Å². The molecule has 34 heavy (non-hydrogen) atoms. The Bertz CT molecular complexity index is 1280. The molecule has 4 rings (SSSR count). The maximum Gasteiger partial charge on any atom is 0.266 e. The minimum Gasteiger partial charge on any atom is -0.302 e. The summed E-state index contributed by atoms with van der Waals surface area (Å²) in [7, 11) is 0. The molecule has 0 unspecified atom stereocenters. The number of aromatic nitrogens is 1. The Hall–Kier alpha value is -2.23. The Morgan fingerprint density at radius 3 is 2.62 bits per heavy atom. The standard InChI is InChI=1S/C24H19Cl2N3O2S3/c25-18-8-3-1-6-15(18)12-17-14-27-23(33-17)28-21(30)10-5-11-29-22(31)20(34-24(29)32)13-16-7-2-4-9-19(16)26/h1-4,6-9,13-14H,5,10-12H2,(H,27,28,30)/b20-13+. The van der Waals surface area contributed by atoms with E-state index >= 15 is 0 Å². The quantitative estimate of drug-likeness (QED) is 0.252. The second-order valence-corrected chi connectivity index (χ2v) is 11.0. The summed E-state index contributed by atoms with van der Waals surface area (Å²) in [6.07, 6.45) is 4.88. The molecule has 10 heteroatoms. The molecule has 0 aliphatic carbocycles. The van der Waals surface area contributed by atoms with Gasteiger partial charge in [-0.3, -0.25) is 14.5 Å². The molecule has 0 radical (unpaired) electrons. The van der Waals surface area contributed by atoms with Gasteiger partial charge in [0.05, 0.1) is 4.91 Å². The predicted octanol–water partition coefficient (Wildman–Crippen LogP) is 6.66. The molecule has 3 aromatic rings. The SMILES string of the molecule is O=C(CCCN1C(=O)/C(=C\c2ccccc2Cl)SC1=S)Nc1ncc(Cc2ccccc2Cl)s1. The van der Waals surface area contributed by atoms with Gasteiger partial charge < -0.3 is 5.32 Å². The second-order valence-electron chi connectivity index (χ2n) is 7.41. The molecule has 0 spiro atoms. The van der Waals surface area contributed by atoms with Crippen molar-refractivity contribution in [1.29, 1.82) is 0 Å². The Morgan fingerprint density at radius 1 is 1.12 bits per heavy atom. The van der Waals surface area contributed by atoms with Crippen molar-refractivity contribution in [3.8, 4) is 0 Å². The van der Waals surface area contributed by atoms with Crippen LogP contribution in [-0.4, -0.2) is 32.6 Å². The van der Waals surface area contributed by atoms with E-state index in [4.69, 9.17) is 35.4 Å². The number of thiazole rings is 1. The van der Waals surface area contributed by atoms with Crippen molar-refractivity contribution in [3.63, 3.8) is 0 Å². The van der Waals surface area contributed by atoms with Crippen LogP contribution in [0.5, 0.6) is 0 Å². The van der Waals surface area contributed by atoms with E-state index in [0.29, 0.717) is 43.8 Å². The van der Waals surface area contributed by atoms with Crippen molar-refractivity contribution in [2.24, 2.45) is 0 Å². The second kappa shape index (κ2) is 11.5. The highest BCUT2D eigenvalue weighted by atomic mass is 35.5. The summed E-state index contributed by atoms with van der Waals surface area (Å²) in [5, 5.41) is 4.65. The van der Waals surface area contributed by atoms with Gasteiger partial charge in [0.25, 0.3) is 5.91 Å². The van der Waals surface area contributed by atoms with E-state index in [0.717, 1.165) is 16.0 Å². The molecule has 1 saturated heterocycles. The topological polar surface area (TPSA) is 62.3 Å². The molecule has 1 fully saturated rings. The first-order chi connectivity index (χ1) is 16.4. The number of carbonyl (C=O) groups excluding carboxylic acids is 2. The number of nitrogens with one attached hydrogen (secondary N) is 1. The van der Waals surface area contributed by atoms with Gasteiger partial charge in [-0.05, 0) is 35.8 Å². The lowest BCUT2D eigenvalue weighted by molar-refractivity contribution is -0.122. The van der Waals surface area contributed by atoms with Gasteiger partial charge in [0.2, 0.25) is 5.91 Å². The number of hydrogen-bond acceptors (Lipinski definition) is 6. The first-order valence-corrected chi connectivity index (χ1v) is 13.2. The van der Waals surface area contributed by atoms with E-state index < -0.39 is 0 Å². The summed E-state index contributed by atoms with van der Waals surface area (Å²) >= 11 is 20.4. The van der Waals surface area contributed by atoms with Gasteiger partial charge in [0.15, 0.2) is 5.13 Å².